The van der Waals surface area contributed by atoms with E-state index in [4.69, 9.17) is 0 Å². The number of allylic oxidation sites excluding steroid dienone is 1. The van der Waals surface area contributed by atoms with Crippen molar-refractivity contribution in [2.24, 2.45) is 16.8 Å². The minimum Gasteiger partial charge on any atom is -0.310 e. The highest BCUT2D eigenvalue weighted by atomic mass is 16.1. The third-order valence-corrected chi connectivity index (χ3v) is 2.45. The van der Waals surface area contributed by atoms with Crippen molar-refractivity contribution in [1.29, 1.82) is 0 Å². The summed E-state index contributed by atoms with van der Waals surface area (Å²) in [6.45, 7) is 12.8. The van der Waals surface area contributed by atoms with Crippen molar-refractivity contribution in [3.05, 3.63) is 11.1 Å². The first kappa shape index (κ1) is 15.9. The molecule has 0 aromatic rings. The van der Waals surface area contributed by atoms with Crippen LogP contribution < -0.4 is 5.32 Å². The van der Waals surface area contributed by atoms with Crippen LogP contribution in [0.3, 0.4) is 0 Å². The van der Waals surface area contributed by atoms with Crippen LogP contribution in [0.5, 0.6) is 0 Å². The third kappa shape index (κ3) is 5.66. The second kappa shape index (κ2) is 7.25. The molecule has 1 fully saturated rings. The molecule has 3 heteroatoms. The molecule has 0 aliphatic carbocycles. The Morgan fingerprint density at radius 2 is 1.71 bits per heavy atom. The van der Waals surface area contributed by atoms with Crippen molar-refractivity contribution in [1.82, 2.24) is 5.32 Å². The first-order valence-corrected chi connectivity index (χ1v) is 6.26. The van der Waals surface area contributed by atoms with Gasteiger partial charge in [-0.05, 0) is 18.8 Å². The fourth-order valence-corrected chi connectivity index (χ4v) is 1.36. The van der Waals surface area contributed by atoms with E-state index in [2.05, 4.69) is 51.9 Å². The predicted octanol–water partition coefficient (Wildman–Crippen LogP) is 3.17. The molecular weight excluding hydrogens is 212 g/mol. The van der Waals surface area contributed by atoms with Gasteiger partial charge in [0.05, 0.1) is 6.42 Å². The molecule has 1 amide bonds. The van der Waals surface area contributed by atoms with Gasteiger partial charge in [0.1, 0.15) is 5.84 Å². The van der Waals surface area contributed by atoms with Gasteiger partial charge in [-0.1, -0.05) is 40.2 Å². The van der Waals surface area contributed by atoms with Gasteiger partial charge >= 0.3 is 0 Å². The van der Waals surface area contributed by atoms with Crippen molar-refractivity contribution in [2.75, 3.05) is 7.05 Å². The van der Waals surface area contributed by atoms with Crippen LogP contribution in [0.1, 0.15) is 48.0 Å². The normalized spacial score (nSPS) is 20.5. The maximum absolute atomic E-state index is 11.1. The Bertz CT molecular complexity index is 322. The summed E-state index contributed by atoms with van der Waals surface area (Å²) in [6, 6.07) is 0. The smallest absolute Gasteiger partial charge is 0.230 e. The van der Waals surface area contributed by atoms with Gasteiger partial charge in [-0.3, -0.25) is 9.79 Å². The number of hydrogen-bond acceptors (Lipinski definition) is 2. The Kier molecular flexibility index (Phi) is 6.78. The van der Waals surface area contributed by atoms with Gasteiger partial charge < -0.3 is 5.32 Å². The maximum atomic E-state index is 11.1. The predicted molar refractivity (Wildman–Crippen MR) is 74.2 cm³/mol. The molecule has 17 heavy (non-hydrogen) atoms. The molecule has 1 rings (SSSR count). The molecule has 0 atom stereocenters. The van der Waals surface area contributed by atoms with E-state index in [0.717, 1.165) is 17.3 Å². The first-order chi connectivity index (χ1) is 7.79. The number of carbonyl (C=O) groups excluding carboxylic acids is 1. The van der Waals surface area contributed by atoms with Crippen LogP contribution in [0.25, 0.3) is 0 Å². The topological polar surface area (TPSA) is 41.5 Å². The molecule has 0 spiro atoms. The van der Waals surface area contributed by atoms with E-state index in [1.54, 1.807) is 7.05 Å². The molecule has 1 saturated heterocycles. The zero-order chi connectivity index (χ0) is 13.6. The van der Waals surface area contributed by atoms with E-state index in [-0.39, 0.29) is 5.91 Å². The number of nitrogens with one attached hydrogen (secondary N) is 1. The Labute approximate surface area is 105 Å². The average Bonchev–Trinajstić information content (AvgIpc) is 2.57. The maximum Gasteiger partial charge on any atom is 0.230 e. The molecule has 3 nitrogen and oxygen atoms in total. The number of amidine groups is 1. The van der Waals surface area contributed by atoms with Gasteiger partial charge in [0, 0.05) is 12.6 Å². The van der Waals surface area contributed by atoms with E-state index >= 15 is 0 Å². The highest BCUT2D eigenvalue weighted by molar-refractivity contribution is 6.16. The Morgan fingerprint density at radius 1 is 1.24 bits per heavy atom. The molecule has 0 aromatic carbocycles. The monoisotopic (exact) mass is 238 g/mol. The lowest BCUT2D eigenvalue weighted by Crippen LogP contribution is -2.20. The minimum absolute atomic E-state index is 0.0515. The van der Waals surface area contributed by atoms with E-state index in [0.29, 0.717) is 12.3 Å². The van der Waals surface area contributed by atoms with Crippen LogP contribution in [0, 0.1) is 11.8 Å². The van der Waals surface area contributed by atoms with Gasteiger partial charge in [0.25, 0.3) is 0 Å². The van der Waals surface area contributed by atoms with Gasteiger partial charge in [0.2, 0.25) is 5.91 Å². The number of aliphatic imine (C=N–C) groups is 1. The molecule has 0 bridgehead atoms. The molecule has 98 valence electrons. The Hall–Kier alpha value is -1.12. The second-order valence-electron chi connectivity index (χ2n) is 5.35. The van der Waals surface area contributed by atoms with Crippen LogP contribution in [0.4, 0.5) is 0 Å². The Balaban J connectivity index is 0.000000557. The number of hydrogen-bond donors (Lipinski definition) is 1. The molecule has 0 saturated carbocycles. The number of rotatable bonds is 1. The van der Waals surface area contributed by atoms with Crippen molar-refractivity contribution in [3.63, 3.8) is 0 Å². The summed E-state index contributed by atoms with van der Waals surface area (Å²) in [6.07, 6.45) is 0.483. The quantitative estimate of drug-likeness (QED) is 0.749. The zero-order valence-corrected chi connectivity index (χ0v) is 12.2. The molecule has 1 N–H and O–H groups in total. The SMILES string of the molecule is CC(C)C.CN=C1NC(=O)C/C1=C(/C)C(C)C. The molecule has 0 aromatic heterocycles. The van der Waals surface area contributed by atoms with Crippen molar-refractivity contribution in [2.45, 2.75) is 48.0 Å². The summed E-state index contributed by atoms with van der Waals surface area (Å²) in [5.74, 6) is 2.10. The minimum atomic E-state index is 0.0515. The van der Waals surface area contributed by atoms with Crippen molar-refractivity contribution < 1.29 is 4.79 Å². The van der Waals surface area contributed by atoms with E-state index < -0.39 is 0 Å². The van der Waals surface area contributed by atoms with Crippen LogP contribution in [0.2, 0.25) is 0 Å². The van der Waals surface area contributed by atoms with Gasteiger partial charge in [-0.2, -0.15) is 0 Å². The van der Waals surface area contributed by atoms with Crippen molar-refractivity contribution in [3.8, 4) is 0 Å². The molecule has 0 unspecified atom stereocenters. The second-order valence-corrected chi connectivity index (χ2v) is 5.35. The third-order valence-electron chi connectivity index (χ3n) is 2.45. The Morgan fingerprint density at radius 3 is 2.06 bits per heavy atom. The summed E-state index contributed by atoms with van der Waals surface area (Å²) in [7, 11) is 1.70. The van der Waals surface area contributed by atoms with Crippen molar-refractivity contribution >= 4 is 11.7 Å². The van der Waals surface area contributed by atoms with Crippen LogP contribution in [-0.2, 0) is 4.79 Å². The molecular formula is C14H26N2O. The molecule has 0 radical (unpaired) electrons. The van der Waals surface area contributed by atoms with Crippen LogP contribution >= 0.6 is 0 Å². The average molecular weight is 238 g/mol. The first-order valence-electron chi connectivity index (χ1n) is 6.26. The lowest BCUT2D eigenvalue weighted by molar-refractivity contribution is -0.118. The molecule has 1 aliphatic heterocycles. The highest BCUT2D eigenvalue weighted by Gasteiger charge is 2.23. The lowest BCUT2D eigenvalue weighted by atomic mass is 9.98. The van der Waals surface area contributed by atoms with Gasteiger partial charge in [-0.15, -0.1) is 0 Å². The lowest BCUT2D eigenvalue weighted by Gasteiger charge is -2.08. The number of carbonyl (C=O) groups is 1. The summed E-state index contributed by atoms with van der Waals surface area (Å²) >= 11 is 0. The molecule has 1 aliphatic rings. The molecule has 1 heterocycles. The summed E-state index contributed by atoms with van der Waals surface area (Å²) in [5.41, 5.74) is 2.32. The highest BCUT2D eigenvalue weighted by Crippen LogP contribution is 2.21. The summed E-state index contributed by atoms with van der Waals surface area (Å²) in [4.78, 5) is 15.2. The summed E-state index contributed by atoms with van der Waals surface area (Å²) < 4.78 is 0. The zero-order valence-electron chi connectivity index (χ0n) is 12.2. The van der Waals surface area contributed by atoms with E-state index in [9.17, 15) is 4.79 Å². The van der Waals surface area contributed by atoms with E-state index in [1.165, 1.54) is 5.57 Å². The fourth-order valence-electron chi connectivity index (χ4n) is 1.36. The number of amides is 1. The van der Waals surface area contributed by atoms with Gasteiger partial charge in [-0.25, -0.2) is 0 Å². The largest absolute Gasteiger partial charge is 0.310 e. The van der Waals surface area contributed by atoms with E-state index in [1.807, 2.05) is 0 Å². The standard InChI is InChI=1S/C10H16N2O.C4H10/c1-6(2)7(3)8-5-9(13)12-10(8)11-4;1-4(2)3/h6H,5H2,1-4H3,(H,11,12,13);4H,1-3H3/b8-7+;. The van der Waals surface area contributed by atoms with Gasteiger partial charge in [0.15, 0.2) is 0 Å². The van der Waals surface area contributed by atoms with Crippen LogP contribution in [0.15, 0.2) is 16.1 Å². The summed E-state index contributed by atoms with van der Waals surface area (Å²) in [5, 5.41) is 2.74. The van der Waals surface area contributed by atoms with Crippen LogP contribution in [-0.4, -0.2) is 18.8 Å². The fraction of sp³-hybridized carbons (Fsp3) is 0.714. The number of nitrogens with zero attached hydrogens (tertiary/aromatic N) is 1.